The highest BCUT2D eigenvalue weighted by Gasteiger charge is 2.16. The number of hydrogen-bond acceptors (Lipinski definition) is 3. The summed E-state index contributed by atoms with van der Waals surface area (Å²) in [5.74, 6) is 0.476. The second-order valence-corrected chi connectivity index (χ2v) is 5.32. The number of hydrogen-bond donors (Lipinski definition) is 2. The SMILES string of the molecule is Cc1ccsc1CNC(=O)NC[C@@H]1CCOC1. The maximum absolute atomic E-state index is 11.5. The van der Waals surface area contributed by atoms with Gasteiger partial charge in [-0.1, -0.05) is 0 Å². The van der Waals surface area contributed by atoms with Crippen LogP contribution < -0.4 is 10.6 Å². The molecule has 0 spiro atoms. The first-order valence-electron chi connectivity index (χ1n) is 5.88. The zero-order valence-corrected chi connectivity index (χ0v) is 10.8. The Morgan fingerprint density at radius 1 is 1.59 bits per heavy atom. The molecule has 2 rings (SSSR count). The largest absolute Gasteiger partial charge is 0.381 e. The minimum absolute atomic E-state index is 0.0929. The van der Waals surface area contributed by atoms with E-state index in [1.165, 1.54) is 10.4 Å². The molecule has 0 radical (unpaired) electrons. The molecule has 1 aromatic heterocycles. The van der Waals surface area contributed by atoms with Crippen LogP contribution in [-0.4, -0.2) is 25.8 Å². The molecule has 1 aromatic rings. The maximum atomic E-state index is 11.5. The van der Waals surface area contributed by atoms with Crippen molar-refractivity contribution in [2.45, 2.75) is 19.9 Å². The predicted octanol–water partition coefficient (Wildman–Crippen LogP) is 1.89. The Kier molecular flexibility index (Phi) is 4.39. The fourth-order valence-electron chi connectivity index (χ4n) is 1.79. The van der Waals surface area contributed by atoms with Crippen LogP contribution in [0.25, 0.3) is 0 Å². The van der Waals surface area contributed by atoms with E-state index in [1.54, 1.807) is 11.3 Å². The highest BCUT2D eigenvalue weighted by molar-refractivity contribution is 7.10. The van der Waals surface area contributed by atoms with Gasteiger partial charge < -0.3 is 15.4 Å². The van der Waals surface area contributed by atoms with Gasteiger partial charge >= 0.3 is 6.03 Å². The Morgan fingerprint density at radius 2 is 2.47 bits per heavy atom. The first kappa shape index (κ1) is 12.4. The standard InChI is InChI=1S/C12H18N2O2S/c1-9-3-5-17-11(9)7-14-12(15)13-6-10-2-4-16-8-10/h3,5,10H,2,4,6-8H2,1H3,(H2,13,14,15)/t10-/m0/s1. The molecule has 2 N–H and O–H groups in total. The Hall–Kier alpha value is -1.07. The van der Waals surface area contributed by atoms with Gasteiger partial charge in [-0.05, 0) is 30.4 Å². The molecule has 94 valence electrons. The van der Waals surface area contributed by atoms with Crippen LogP contribution in [-0.2, 0) is 11.3 Å². The summed E-state index contributed by atoms with van der Waals surface area (Å²) in [4.78, 5) is 12.8. The molecule has 0 saturated carbocycles. The van der Waals surface area contributed by atoms with Gasteiger partial charge in [-0.25, -0.2) is 4.79 Å². The number of rotatable bonds is 4. The van der Waals surface area contributed by atoms with Crippen molar-refractivity contribution >= 4 is 17.4 Å². The van der Waals surface area contributed by atoms with Gasteiger partial charge in [0.15, 0.2) is 0 Å². The lowest BCUT2D eigenvalue weighted by atomic mass is 10.1. The number of urea groups is 1. The summed E-state index contributed by atoms with van der Waals surface area (Å²) in [6.45, 7) is 4.96. The Bertz CT molecular complexity index is 372. The average Bonchev–Trinajstić information content (AvgIpc) is 2.95. The maximum Gasteiger partial charge on any atom is 0.315 e. The van der Waals surface area contributed by atoms with Gasteiger partial charge in [0, 0.05) is 23.9 Å². The van der Waals surface area contributed by atoms with Crippen molar-refractivity contribution in [3.8, 4) is 0 Å². The smallest absolute Gasteiger partial charge is 0.315 e. The van der Waals surface area contributed by atoms with Gasteiger partial charge in [-0.2, -0.15) is 0 Å². The first-order chi connectivity index (χ1) is 8.25. The molecule has 17 heavy (non-hydrogen) atoms. The fourth-order valence-corrected chi connectivity index (χ4v) is 2.64. The third-order valence-corrected chi connectivity index (χ3v) is 3.98. The van der Waals surface area contributed by atoms with Crippen LogP contribution in [0.2, 0.25) is 0 Å². The third kappa shape index (κ3) is 3.71. The van der Waals surface area contributed by atoms with Crippen LogP contribution in [0.3, 0.4) is 0 Å². The predicted molar refractivity (Wildman–Crippen MR) is 68.2 cm³/mol. The highest BCUT2D eigenvalue weighted by Crippen LogP contribution is 2.14. The van der Waals surface area contributed by atoms with Gasteiger partial charge in [0.25, 0.3) is 0 Å². The van der Waals surface area contributed by atoms with E-state index in [9.17, 15) is 4.79 Å². The number of ether oxygens (including phenoxy) is 1. The number of amides is 2. The normalized spacial score (nSPS) is 19.2. The van der Waals surface area contributed by atoms with Crippen LogP contribution in [0.15, 0.2) is 11.4 Å². The molecule has 1 fully saturated rings. The molecular weight excluding hydrogens is 236 g/mol. The van der Waals surface area contributed by atoms with Gasteiger partial charge in [0.2, 0.25) is 0 Å². The minimum Gasteiger partial charge on any atom is -0.381 e. The van der Waals surface area contributed by atoms with E-state index in [4.69, 9.17) is 4.74 Å². The number of carbonyl (C=O) groups excluding carboxylic acids is 1. The molecule has 4 nitrogen and oxygen atoms in total. The zero-order valence-electron chi connectivity index (χ0n) is 9.99. The van der Waals surface area contributed by atoms with Crippen LogP contribution >= 0.6 is 11.3 Å². The number of carbonyl (C=O) groups is 1. The molecule has 0 bridgehead atoms. The van der Waals surface area contributed by atoms with Gasteiger partial charge in [-0.15, -0.1) is 11.3 Å². The summed E-state index contributed by atoms with van der Waals surface area (Å²) in [6.07, 6.45) is 1.05. The van der Waals surface area contributed by atoms with Gasteiger partial charge in [0.05, 0.1) is 13.2 Å². The summed E-state index contributed by atoms with van der Waals surface area (Å²) in [7, 11) is 0. The molecule has 0 aromatic carbocycles. The summed E-state index contributed by atoms with van der Waals surface area (Å²) >= 11 is 1.67. The molecular formula is C12H18N2O2S. The minimum atomic E-state index is -0.0929. The summed E-state index contributed by atoms with van der Waals surface area (Å²) < 4.78 is 5.25. The van der Waals surface area contributed by atoms with E-state index < -0.39 is 0 Å². The summed E-state index contributed by atoms with van der Waals surface area (Å²) in [5, 5.41) is 7.79. The highest BCUT2D eigenvalue weighted by atomic mass is 32.1. The van der Waals surface area contributed by atoms with Crippen molar-refractivity contribution in [1.82, 2.24) is 10.6 Å². The Balaban J connectivity index is 1.65. The lowest BCUT2D eigenvalue weighted by Crippen LogP contribution is -2.37. The van der Waals surface area contributed by atoms with Crippen molar-refractivity contribution in [3.05, 3.63) is 21.9 Å². The van der Waals surface area contributed by atoms with E-state index in [0.29, 0.717) is 19.0 Å². The molecule has 2 amide bonds. The lowest BCUT2D eigenvalue weighted by Gasteiger charge is -2.10. The second kappa shape index (κ2) is 6.02. The van der Waals surface area contributed by atoms with Crippen molar-refractivity contribution in [2.75, 3.05) is 19.8 Å². The van der Waals surface area contributed by atoms with Gasteiger partial charge in [-0.3, -0.25) is 0 Å². The Morgan fingerprint density at radius 3 is 3.12 bits per heavy atom. The molecule has 1 saturated heterocycles. The number of nitrogens with one attached hydrogen (secondary N) is 2. The summed E-state index contributed by atoms with van der Waals surface area (Å²) in [6, 6.07) is 1.97. The third-order valence-electron chi connectivity index (χ3n) is 2.95. The number of thiophene rings is 1. The Labute approximate surface area is 105 Å². The van der Waals surface area contributed by atoms with Crippen LogP contribution in [0.4, 0.5) is 4.79 Å². The molecule has 2 heterocycles. The van der Waals surface area contributed by atoms with E-state index in [0.717, 1.165) is 19.6 Å². The monoisotopic (exact) mass is 254 g/mol. The van der Waals surface area contributed by atoms with Crippen LogP contribution in [0, 0.1) is 12.8 Å². The lowest BCUT2D eigenvalue weighted by molar-refractivity contribution is 0.185. The summed E-state index contributed by atoms with van der Waals surface area (Å²) in [5.41, 5.74) is 1.24. The topological polar surface area (TPSA) is 50.4 Å². The molecule has 0 unspecified atom stereocenters. The van der Waals surface area contributed by atoms with E-state index >= 15 is 0 Å². The zero-order chi connectivity index (χ0) is 12.1. The molecule has 1 aliphatic rings. The van der Waals surface area contributed by atoms with Crippen molar-refractivity contribution in [2.24, 2.45) is 5.92 Å². The van der Waals surface area contributed by atoms with E-state index in [1.807, 2.05) is 5.38 Å². The molecule has 0 aliphatic carbocycles. The molecule has 1 aliphatic heterocycles. The molecule has 1 atom stereocenters. The fraction of sp³-hybridized carbons (Fsp3) is 0.583. The van der Waals surface area contributed by atoms with Gasteiger partial charge in [0.1, 0.15) is 0 Å². The quantitative estimate of drug-likeness (QED) is 0.862. The molecule has 5 heteroatoms. The van der Waals surface area contributed by atoms with Crippen LogP contribution in [0.5, 0.6) is 0 Å². The van der Waals surface area contributed by atoms with Crippen LogP contribution in [0.1, 0.15) is 16.9 Å². The first-order valence-corrected chi connectivity index (χ1v) is 6.76. The van der Waals surface area contributed by atoms with Crippen molar-refractivity contribution in [3.63, 3.8) is 0 Å². The van der Waals surface area contributed by atoms with Crippen molar-refractivity contribution in [1.29, 1.82) is 0 Å². The second-order valence-electron chi connectivity index (χ2n) is 4.32. The number of aryl methyl sites for hydroxylation is 1. The van der Waals surface area contributed by atoms with E-state index in [-0.39, 0.29) is 6.03 Å². The van der Waals surface area contributed by atoms with E-state index in [2.05, 4.69) is 23.6 Å². The average molecular weight is 254 g/mol. The van der Waals surface area contributed by atoms with Crippen molar-refractivity contribution < 1.29 is 9.53 Å².